The zero-order valence-electron chi connectivity index (χ0n) is 10.2. The van der Waals surface area contributed by atoms with E-state index in [0.717, 1.165) is 38.9 Å². The first kappa shape index (κ1) is 12.1. The molecule has 0 N–H and O–H groups in total. The van der Waals surface area contributed by atoms with Crippen LogP contribution in [0.2, 0.25) is 0 Å². The van der Waals surface area contributed by atoms with Crippen molar-refractivity contribution >= 4 is 5.78 Å². The Morgan fingerprint density at radius 3 is 2.88 bits per heavy atom. The maximum atomic E-state index is 12.0. The van der Waals surface area contributed by atoms with Crippen molar-refractivity contribution in [3.63, 3.8) is 0 Å². The number of carbonyl (C=O) groups is 1. The third-order valence-electron chi connectivity index (χ3n) is 3.76. The number of ether oxygens (including phenoxy) is 2. The van der Waals surface area contributed by atoms with Crippen LogP contribution in [-0.4, -0.2) is 30.7 Å². The SMILES string of the molecule is CC1(C(=O)CCCC2CCCO2)CCCO1. The molecule has 0 aliphatic carbocycles. The summed E-state index contributed by atoms with van der Waals surface area (Å²) < 4.78 is 11.1. The molecule has 2 unspecified atom stereocenters. The van der Waals surface area contributed by atoms with E-state index in [1.165, 1.54) is 12.8 Å². The Kier molecular flexibility index (Phi) is 3.98. The average Bonchev–Trinajstić information content (AvgIpc) is 2.90. The zero-order chi connectivity index (χ0) is 11.4. The zero-order valence-corrected chi connectivity index (χ0v) is 10.2. The summed E-state index contributed by atoms with van der Waals surface area (Å²) in [5, 5.41) is 0. The van der Waals surface area contributed by atoms with Gasteiger partial charge in [-0.2, -0.15) is 0 Å². The van der Waals surface area contributed by atoms with E-state index in [0.29, 0.717) is 12.5 Å². The lowest BCUT2D eigenvalue weighted by Crippen LogP contribution is -2.34. The van der Waals surface area contributed by atoms with E-state index >= 15 is 0 Å². The lowest BCUT2D eigenvalue weighted by molar-refractivity contribution is -0.137. The van der Waals surface area contributed by atoms with Gasteiger partial charge in [0.15, 0.2) is 5.78 Å². The van der Waals surface area contributed by atoms with Crippen molar-refractivity contribution in [1.29, 1.82) is 0 Å². The molecule has 0 radical (unpaired) electrons. The first-order valence-corrected chi connectivity index (χ1v) is 6.49. The molecule has 16 heavy (non-hydrogen) atoms. The van der Waals surface area contributed by atoms with E-state index in [9.17, 15) is 4.79 Å². The van der Waals surface area contributed by atoms with Gasteiger partial charge in [-0.1, -0.05) is 0 Å². The third-order valence-corrected chi connectivity index (χ3v) is 3.76. The van der Waals surface area contributed by atoms with Gasteiger partial charge < -0.3 is 9.47 Å². The summed E-state index contributed by atoms with van der Waals surface area (Å²) in [6.45, 7) is 3.59. The standard InChI is InChI=1S/C13H22O3/c1-13(8-4-10-16-13)12(14)7-2-5-11-6-3-9-15-11/h11H,2-10H2,1H3. The fraction of sp³-hybridized carbons (Fsp3) is 0.923. The van der Waals surface area contributed by atoms with Gasteiger partial charge in [-0.25, -0.2) is 0 Å². The quantitative estimate of drug-likeness (QED) is 0.722. The molecule has 0 aromatic heterocycles. The van der Waals surface area contributed by atoms with E-state index in [-0.39, 0.29) is 5.78 Å². The summed E-state index contributed by atoms with van der Waals surface area (Å²) in [5.74, 6) is 0.281. The van der Waals surface area contributed by atoms with E-state index in [1.807, 2.05) is 6.92 Å². The molecule has 2 heterocycles. The molecule has 3 nitrogen and oxygen atoms in total. The van der Waals surface area contributed by atoms with Crippen molar-refractivity contribution in [2.75, 3.05) is 13.2 Å². The van der Waals surface area contributed by atoms with Crippen LogP contribution in [-0.2, 0) is 14.3 Å². The van der Waals surface area contributed by atoms with Crippen molar-refractivity contribution in [2.45, 2.75) is 63.6 Å². The van der Waals surface area contributed by atoms with Crippen LogP contribution in [0.3, 0.4) is 0 Å². The summed E-state index contributed by atoms with van der Waals surface area (Å²) in [5.41, 5.74) is -0.476. The molecule has 0 spiro atoms. The monoisotopic (exact) mass is 226 g/mol. The molecule has 0 amide bonds. The van der Waals surface area contributed by atoms with Gasteiger partial charge in [-0.05, 0) is 45.4 Å². The molecule has 0 aromatic carbocycles. The van der Waals surface area contributed by atoms with Crippen LogP contribution in [0.25, 0.3) is 0 Å². The second-order valence-electron chi connectivity index (χ2n) is 5.13. The minimum Gasteiger partial charge on any atom is -0.378 e. The molecule has 0 aromatic rings. The molecule has 92 valence electrons. The van der Waals surface area contributed by atoms with E-state index in [1.54, 1.807) is 0 Å². The van der Waals surface area contributed by atoms with Crippen LogP contribution in [0.1, 0.15) is 51.9 Å². The fourth-order valence-corrected chi connectivity index (χ4v) is 2.63. The van der Waals surface area contributed by atoms with Crippen molar-refractivity contribution in [3.05, 3.63) is 0 Å². The van der Waals surface area contributed by atoms with E-state index < -0.39 is 5.60 Å². The topological polar surface area (TPSA) is 35.5 Å². The predicted octanol–water partition coefficient (Wildman–Crippen LogP) is 2.47. The van der Waals surface area contributed by atoms with Gasteiger partial charge in [0.1, 0.15) is 5.60 Å². The first-order chi connectivity index (χ1) is 7.71. The average molecular weight is 226 g/mol. The Hall–Kier alpha value is -0.410. The van der Waals surface area contributed by atoms with E-state index in [2.05, 4.69) is 0 Å². The fourth-order valence-electron chi connectivity index (χ4n) is 2.63. The van der Waals surface area contributed by atoms with Crippen LogP contribution in [0.15, 0.2) is 0 Å². The highest BCUT2D eigenvalue weighted by atomic mass is 16.5. The van der Waals surface area contributed by atoms with Crippen LogP contribution < -0.4 is 0 Å². The normalized spacial score (nSPS) is 34.4. The van der Waals surface area contributed by atoms with Crippen LogP contribution in [0, 0.1) is 0 Å². The highest BCUT2D eigenvalue weighted by molar-refractivity contribution is 5.87. The minimum atomic E-state index is -0.476. The molecular formula is C13H22O3. The van der Waals surface area contributed by atoms with Gasteiger partial charge in [0, 0.05) is 19.6 Å². The lowest BCUT2D eigenvalue weighted by Gasteiger charge is -2.21. The first-order valence-electron chi connectivity index (χ1n) is 6.49. The molecule has 0 bridgehead atoms. The number of carbonyl (C=O) groups excluding carboxylic acids is 1. The molecule has 2 saturated heterocycles. The smallest absolute Gasteiger partial charge is 0.164 e. The van der Waals surface area contributed by atoms with Gasteiger partial charge in [0.25, 0.3) is 0 Å². The van der Waals surface area contributed by atoms with Gasteiger partial charge in [-0.3, -0.25) is 4.79 Å². The number of rotatable bonds is 5. The minimum absolute atomic E-state index is 0.281. The molecule has 2 rings (SSSR count). The summed E-state index contributed by atoms with van der Waals surface area (Å²) in [6.07, 6.45) is 7.30. The summed E-state index contributed by atoms with van der Waals surface area (Å²) in [7, 11) is 0. The molecular weight excluding hydrogens is 204 g/mol. The molecule has 2 atom stereocenters. The summed E-state index contributed by atoms with van der Waals surface area (Å²) in [4.78, 5) is 12.0. The van der Waals surface area contributed by atoms with Gasteiger partial charge in [0.05, 0.1) is 6.10 Å². The number of ketones is 1. The van der Waals surface area contributed by atoms with Crippen molar-refractivity contribution < 1.29 is 14.3 Å². The molecule has 0 saturated carbocycles. The Morgan fingerprint density at radius 2 is 2.25 bits per heavy atom. The number of Topliss-reactive ketones (excluding diaryl/α,β-unsaturated/α-hetero) is 1. The second-order valence-corrected chi connectivity index (χ2v) is 5.13. The van der Waals surface area contributed by atoms with E-state index in [4.69, 9.17) is 9.47 Å². The van der Waals surface area contributed by atoms with Crippen molar-refractivity contribution in [1.82, 2.24) is 0 Å². The Balaban J connectivity index is 1.67. The van der Waals surface area contributed by atoms with Crippen LogP contribution >= 0.6 is 0 Å². The van der Waals surface area contributed by atoms with Crippen molar-refractivity contribution in [2.24, 2.45) is 0 Å². The summed E-state index contributed by atoms with van der Waals surface area (Å²) in [6, 6.07) is 0. The molecule has 2 fully saturated rings. The maximum Gasteiger partial charge on any atom is 0.164 e. The largest absolute Gasteiger partial charge is 0.378 e. The number of hydrogen-bond acceptors (Lipinski definition) is 3. The maximum absolute atomic E-state index is 12.0. The molecule has 2 aliphatic heterocycles. The van der Waals surface area contributed by atoms with Crippen LogP contribution in [0.4, 0.5) is 0 Å². The number of hydrogen-bond donors (Lipinski definition) is 0. The highest BCUT2D eigenvalue weighted by Gasteiger charge is 2.36. The Labute approximate surface area is 97.5 Å². The lowest BCUT2D eigenvalue weighted by atomic mass is 9.93. The van der Waals surface area contributed by atoms with Crippen molar-refractivity contribution in [3.8, 4) is 0 Å². The third kappa shape index (κ3) is 2.83. The second kappa shape index (κ2) is 5.28. The summed E-state index contributed by atoms with van der Waals surface area (Å²) >= 11 is 0. The molecule has 2 aliphatic rings. The Morgan fingerprint density at radius 1 is 1.38 bits per heavy atom. The highest BCUT2D eigenvalue weighted by Crippen LogP contribution is 2.28. The molecule has 3 heteroatoms. The van der Waals surface area contributed by atoms with Gasteiger partial charge in [0.2, 0.25) is 0 Å². The van der Waals surface area contributed by atoms with Crippen LogP contribution in [0.5, 0.6) is 0 Å². The predicted molar refractivity (Wildman–Crippen MR) is 61.4 cm³/mol. The van der Waals surface area contributed by atoms with Gasteiger partial charge >= 0.3 is 0 Å². The van der Waals surface area contributed by atoms with Gasteiger partial charge in [-0.15, -0.1) is 0 Å². The Bertz CT molecular complexity index is 238.